The van der Waals surface area contributed by atoms with Gasteiger partial charge in [0.25, 0.3) is 5.56 Å². The van der Waals surface area contributed by atoms with E-state index in [2.05, 4.69) is 0 Å². The Bertz CT molecular complexity index is 899. The molecule has 1 aliphatic carbocycles. The monoisotopic (exact) mass is 366 g/mol. The number of hydrogen-bond acceptors (Lipinski definition) is 4. The zero-order valence-corrected chi connectivity index (χ0v) is 15.0. The lowest BCUT2D eigenvalue weighted by Gasteiger charge is -2.14. The molecule has 1 aliphatic rings. The Labute approximate surface area is 147 Å². The molecule has 1 unspecified atom stereocenters. The molecule has 3 rings (SSSR count). The predicted octanol–water partition coefficient (Wildman–Crippen LogP) is 0.514. The first-order chi connectivity index (χ1) is 11.4. The molecule has 0 radical (unpaired) electrons. The van der Waals surface area contributed by atoms with Gasteiger partial charge < -0.3 is 19.3 Å². The molecule has 2 N–H and O–H groups in total. The highest BCUT2D eigenvalue weighted by Crippen LogP contribution is 2.32. The minimum absolute atomic E-state index is 0. The van der Waals surface area contributed by atoms with Crippen LogP contribution in [0.15, 0.2) is 40.2 Å². The maximum atomic E-state index is 12.2. The van der Waals surface area contributed by atoms with Crippen molar-refractivity contribution in [1.82, 2.24) is 9.13 Å². The first kappa shape index (κ1) is 19.1. The first-order valence-electron chi connectivity index (χ1n) is 7.78. The molecular formula is C17H22N2O5S. The fourth-order valence-electron chi connectivity index (χ4n) is 2.43. The average molecular weight is 366 g/mol. The molecule has 0 spiro atoms. The van der Waals surface area contributed by atoms with E-state index in [0.717, 1.165) is 24.0 Å². The second-order valence-electron chi connectivity index (χ2n) is 6.18. The molecule has 2 heterocycles. The number of rotatable bonds is 6. The quantitative estimate of drug-likeness (QED) is 0.743. The summed E-state index contributed by atoms with van der Waals surface area (Å²) in [4.78, 5) is 23.8. The van der Waals surface area contributed by atoms with Crippen molar-refractivity contribution in [3.63, 3.8) is 0 Å². The van der Waals surface area contributed by atoms with Gasteiger partial charge in [-0.05, 0) is 24.8 Å². The lowest BCUT2D eigenvalue weighted by atomic mass is 10.1. The van der Waals surface area contributed by atoms with Crippen LogP contribution < -0.4 is 15.9 Å². The first-order valence-corrected chi connectivity index (χ1v) is 9.51. The fraction of sp³-hybridized carbons (Fsp3) is 0.412. The van der Waals surface area contributed by atoms with Crippen molar-refractivity contribution in [2.75, 3.05) is 12.9 Å². The van der Waals surface area contributed by atoms with Crippen LogP contribution in [0.2, 0.25) is 0 Å². The summed E-state index contributed by atoms with van der Waals surface area (Å²) in [7, 11) is 0.534. The van der Waals surface area contributed by atoms with E-state index in [-0.39, 0.29) is 22.5 Å². The van der Waals surface area contributed by atoms with Crippen molar-refractivity contribution >= 4 is 10.8 Å². The van der Waals surface area contributed by atoms with E-state index < -0.39 is 10.8 Å². The fourth-order valence-corrected chi connectivity index (χ4v) is 3.03. The number of ether oxygens (including phenoxy) is 1. The van der Waals surface area contributed by atoms with E-state index in [9.17, 15) is 13.8 Å². The average Bonchev–Trinajstić information content (AvgIpc) is 3.34. The predicted molar refractivity (Wildman–Crippen MR) is 97.3 cm³/mol. The molecule has 0 aromatic carbocycles. The van der Waals surface area contributed by atoms with Crippen LogP contribution in [-0.4, -0.2) is 31.7 Å². The van der Waals surface area contributed by atoms with Crippen LogP contribution in [0.1, 0.15) is 12.8 Å². The Morgan fingerprint density at radius 3 is 2.52 bits per heavy atom. The number of aromatic nitrogens is 2. The molecule has 8 heteroatoms. The van der Waals surface area contributed by atoms with Crippen LogP contribution in [0.25, 0.3) is 11.1 Å². The van der Waals surface area contributed by atoms with E-state index in [4.69, 9.17) is 4.74 Å². The van der Waals surface area contributed by atoms with Gasteiger partial charge in [0.2, 0.25) is 5.56 Å². The largest absolute Gasteiger partial charge is 0.492 e. The summed E-state index contributed by atoms with van der Waals surface area (Å²) < 4.78 is 20.2. The molecule has 1 fully saturated rings. The molecule has 0 aliphatic heterocycles. The second kappa shape index (κ2) is 7.79. The number of nitrogens with zero attached hydrogens (tertiary/aromatic N) is 2. The maximum absolute atomic E-state index is 12.2. The van der Waals surface area contributed by atoms with Gasteiger partial charge in [0, 0.05) is 59.8 Å². The molecule has 0 amide bonds. The highest BCUT2D eigenvalue weighted by molar-refractivity contribution is 7.83. The lowest BCUT2D eigenvalue weighted by Crippen LogP contribution is -2.22. The summed E-state index contributed by atoms with van der Waals surface area (Å²) in [5, 5.41) is 0. The van der Waals surface area contributed by atoms with Gasteiger partial charge in [-0.2, -0.15) is 0 Å². The van der Waals surface area contributed by atoms with Gasteiger partial charge in [-0.25, -0.2) is 0 Å². The zero-order chi connectivity index (χ0) is 17.3. The molecule has 0 saturated heterocycles. The van der Waals surface area contributed by atoms with Crippen molar-refractivity contribution in [3.05, 3.63) is 51.3 Å². The molecule has 1 atom stereocenters. The van der Waals surface area contributed by atoms with Crippen molar-refractivity contribution in [3.8, 4) is 16.9 Å². The van der Waals surface area contributed by atoms with E-state index in [1.807, 2.05) is 0 Å². The van der Waals surface area contributed by atoms with Gasteiger partial charge >= 0.3 is 0 Å². The van der Waals surface area contributed by atoms with E-state index in [0.29, 0.717) is 18.3 Å². The molecule has 2 aromatic heterocycles. The van der Waals surface area contributed by atoms with Gasteiger partial charge in [0.05, 0.1) is 6.61 Å². The number of pyridine rings is 2. The van der Waals surface area contributed by atoms with Crippen molar-refractivity contribution in [2.45, 2.75) is 18.7 Å². The van der Waals surface area contributed by atoms with Gasteiger partial charge in [-0.1, -0.05) is 0 Å². The Balaban J connectivity index is 0.00000225. The van der Waals surface area contributed by atoms with Gasteiger partial charge in [-0.3, -0.25) is 13.8 Å². The van der Waals surface area contributed by atoms with Crippen LogP contribution in [-0.2, 0) is 23.7 Å². The van der Waals surface area contributed by atoms with Crippen molar-refractivity contribution in [2.24, 2.45) is 13.0 Å². The standard InChI is InChI=1S/C17H20N2O4S.H2O/c1-18-8-13(5-6-16(18)20)14-9-19(11-24(2)22)17(21)7-15(14)23-10-12-3-4-12;/h5-9,12H,3-4,10-11H2,1-2H3;1H2. The molecule has 25 heavy (non-hydrogen) atoms. The lowest BCUT2D eigenvalue weighted by molar-refractivity contribution is 0.300. The molecule has 0 bridgehead atoms. The van der Waals surface area contributed by atoms with Gasteiger partial charge in [0.1, 0.15) is 11.6 Å². The third kappa shape index (κ3) is 4.67. The van der Waals surface area contributed by atoms with Crippen molar-refractivity contribution < 1.29 is 14.4 Å². The summed E-state index contributed by atoms with van der Waals surface area (Å²) in [6, 6.07) is 4.63. The highest BCUT2D eigenvalue weighted by atomic mass is 32.2. The Hall–Kier alpha value is -2.19. The molecule has 136 valence electrons. The summed E-state index contributed by atoms with van der Waals surface area (Å²) in [5.41, 5.74) is 1.14. The normalized spacial score (nSPS) is 14.6. The molecular weight excluding hydrogens is 344 g/mol. The van der Waals surface area contributed by atoms with Gasteiger partial charge in [-0.15, -0.1) is 0 Å². The van der Waals surface area contributed by atoms with Crippen molar-refractivity contribution in [1.29, 1.82) is 0 Å². The molecule has 2 aromatic rings. The highest BCUT2D eigenvalue weighted by Gasteiger charge is 2.23. The van der Waals surface area contributed by atoms with Crippen LogP contribution in [0, 0.1) is 5.92 Å². The van der Waals surface area contributed by atoms with Crippen LogP contribution in [0.5, 0.6) is 5.75 Å². The minimum Gasteiger partial charge on any atom is -0.492 e. The van der Waals surface area contributed by atoms with E-state index >= 15 is 0 Å². The number of aryl methyl sites for hydroxylation is 1. The number of hydrogen-bond donors (Lipinski definition) is 0. The second-order valence-corrected chi connectivity index (χ2v) is 7.59. The van der Waals surface area contributed by atoms with Crippen LogP contribution >= 0.6 is 0 Å². The summed E-state index contributed by atoms with van der Waals surface area (Å²) >= 11 is 0. The van der Waals surface area contributed by atoms with E-state index in [1.54, 1.807) is 31.8 Å². The Morgan fingerprint density at radius 2 is 1.92 bits per heavy atom. The maximum Gasteiger partial charge on any atom is 0.255 e. The third-order valence-electron chi connectivity index (χ3n) is 3.98. The zero-order valence-electron chi connectivity index (χ0n) is 14.2. The summed E-state index contributed by atoms with van der Waals surface area (Å²) in [6.07, 6.45) is 7.23. The van der Waals surface area contributed by atoms with Gasteiger partial charge in [0.15, 0.2) is 0 Å². The van der Waals surface area contributed by atoms with E-state index in [1.165, 1.54) is 21.3 Å². The third-order valence-corrected chi connectivity index (χ3v) is 4.62. The van der Waals surface area contributed by atoms with Crippen LogP contribution in [0.4, 0.5) is 0 Å². The minimum atomic E-state index is -1.14. The Kier molecular flexibility index (Phi) is 5.97. The molecule has 7 nitrogen and oxygen atoms in total. The van der Waals surface area contributed by atoms with Crippen LogP contribution in [0.3, 0.4) is 0 Å². The topological polar surface area (TPSA) is 102 Å². The smallest absolute Gasteiger partial charge is 0.255 e. The SMILES string of the molecule is Cn1cc(-c2cn(CS(C)=O)c(=O)cc2OCC2CC2)ccc1=O.O. The summed E-state index contributed by atoms with van der Waals surface area (Å²) in [5.74, 6) is 1.19. The molecule has 1 saturated carbocycles. The Morgan fingerprint density at radius 1 is 1.20 bits per heavy atom. The summed E-state index contributed by atoms with van der Waals surface area (Å²) in [6.45, 7) is 0.585.